The van der Waals surface area contributed by atoms with Crippen molar-refractivity contribution in [3.8, 4) is 0 Å². The van der Waals surface area contributed by atoms with Crippen molar-refractivity contribution in [3.05, 3.63) is 33.1 Å². The second-order valence-corrected chi connectivity index (χ2v) is 6.28. The first kappa shape index (κ1) is 13.7. The van der Waals surface area contributed by atoms with Crippen LogP contribution in [-0.4, -0.2) is 30.4 Å². The molecule has 2 rings (SSSR count). The molecule has 1 unspecified atom stereocenters. The third kappa shape index (κ3) is 2.66. The van der Waals surface area contributed by atoms with Gasteiger partial charge in [-0.15, -0.1) is 0 Å². The van der Waals surface area contributed by atoms with Crippen LogP contribution < -0.4 is 5.73 Å². The Balaban J connectivity index is 2.18. The fourth-order valence-corrected chi connectivity index (χ4v) is 2.90. The van der Waals surface area contributed by atoms with Gasteiger partial charge in [0.1, 0.15) is 5.82 Å². The summed E-state index contributed by atoms with van der Waals surface area (Å²) >= 11 is 1.99. The van der Waals surface area contributed by atoms with Crippen molar-refractivity contribution in [2.75, 3.05) is 19.6 Å². The van der Waals surface area contributed by atoms with Crippen LogP contribution in [0.1, 0.15) is 23.7 Å². The van der Waals surface area contributed by atoms with Crippen LogP contribution in [0.15, 0.2) is 18.2 Å². The van der Waals surface area contributed by atoms with Gasteiger partial charge in [0.15, 0.2) is 0 Å². The van der Waals surface area contributed by atoms with Gasteiger partial charge >= 0.3 is 0 Å². The number of halogens is 2. The van der Waals surface area contributed by atoms with Crippen molar-refractivity contribution < 1.29 is 9.18 Å². The number of nitrogens with two attached hydrogens (primary N) is 1. The molecule has 0 saturated carbocycles. The highest BCUT2D eigenvalue weighted by molar-refractivity contribution is 14.1. The molecule has 1 atom stereocenters. The molecule has 0 aliphatic carbocycles. The van der Waals surface area contributed by atoms with Gasteiger partial charge in [0.25, 0.3) is 5.91 Å². The van der Waals surface area contributed by atoms with Gasteiger partial charge in [0.05, 0.1) is 5.56 Å². The number of benzene rings is 1. The van der Waals surface area contributed by atoms with E-state index in [-0.39, 0.29) is 17.1 Å². The zero-order valence-corrected chi connectivity index (χ0v) is 12.4. The quantitative estimate of drug-likeness (QED) is 0.821. The molecule has 1 aliphatic rings. The van der Waals surface area contributed by atoms with Crippen molar-refractivity contribution >= 4 is 28.5 Å². The first-order valence-corrected chi connectivity index (χ1v) is 6.97. The van der Waals surface area contributed by atoms with Crippen molar-refractivity contribution in [1.29, 1.82) is 0 Å². The minimum Gasteiger partial charge on any atom is -0.338 e. The molecular weight excluding hydrogens is 346 g/mol. The molecule has 1 aliphatic heterocycles. The van der Waals surface area contributed by atoms with Crippen LogP contribution >= 0.6 is 22.6 Å². The summed E-state index contributed by atoms with van der Waals surface area (Å²) in [4.78, 5) is 14.1. The molecule has 18 heavy (non-hydrogen) atoms. The summed E-state index contributed by atoms with van der Waals surface area (Å²) in [5.41, 5.74) is 6.31. The molecule has 0 radical (unpaired) electrons. The second-order valence-electron chi connectivity index (χ2n) is 5.12. The summed E-state index contributed by atoms with van der Waals surface area (Å²) < 4.78 is 13.7. The van der Waals surface area contributed by atoms with Gasteiger partial charge in [-0.05, 0) is 59.2 Å². The summed E-state index contributed by atoms with van der Waals surface area (Å²) in [5.74, 6) is -0.347. The Bertz CT molecular complexity index is 480. The van der Waals surface area contributed by atoms with E-state index in [4.69, 9.17) is 5.73 Å². The van der Waals surface area contributed by atoms with E-state index in [1.807, 2.05) is 27.5 Å². The average molecular weight is 362 g/mol. The third-order valence-electron chi connectivity index (χ3n) is 3.50. The summed E-state index contributed by atoms with van der Waals surface area (Å²) in [5, 5.41) is 0. The van der Waals surface area contributed by atoms with Crippen LogP contribution in [0.3, 0.4) is 0 Å². The number of nitrogens with zero attached hydrogens (tertiary/aromatic N) is 1. The van der Waals surface area contributed by atoms with E-state index >= 15 is 0 Å². The Morgan fingerprint density at radius 3 is 2.89 bits per heavy atom. The van der Waals surface area contributed by atoms with E-state index in [0.29, 0.717) is 22.2 Å². The fourth-order valence-electron chi connectivity index (χ4n) is 2.20. The maximum Gasteiger partial charge on any atom is 0.254 e. The Kier molecular flexibility index (Phi) is 3.91. The summed E-state index contributed by atoms with van der Waals surface area (Å²) in [6, 6.07) is 4.26. The van der Waals surface area contributed by atoms with Gasteiger partial charge < -0.3 is 10.6 Å². The van der Waals surface area contributed by atoms with Crippen molar-refractivity contribution in [2.45, 2.75) is 13.3 Å². The SMILES string of the molecule is CC1(CN)CCN(C(=O)c2ccc(F)cc2I)C1. The topological polar surface area (TPSA) is 46.3 Å². The standard InChI is InChI=1S/C13H16FIN2O/c1-13(7-16)4-5-17(8-13)12(18)10-3-2-9(14)6-11(10)15/h2-3,6H,4-5,7-8,16H2,1H3. The molecular formula is C13H16FIN2O. The first-order chi connectivity index (χ1) is 8.45. The molecule has 1 fully saturated rings. The van der Waals surface area contributed by atoms with Crippen LogP contribution in [0.4, 0.5) is 4.39 Å². The highest BCUT2D eigenvalue weighted by atomic mass is 127. The van der Waals surface area contributed by atoms with E-state index in [1.54, 1.807) is 6.07 Å². The van der Waals surface area contributed by atoms with Crippen molar-refractivity contribution in [1.82, 2.24) is 4.90 Å². The molecule has 0 bridgehead atoms. The number of carbonyl (C=O) groups is 1. The van der Waals surface area contributed by atoms with E-state index in [0.717, 1.165) is 13.0 Å². The molecule has 1 saturated heterocycles. The average Bonchev–Trinajstić information content (AvgIpc) is 2.72. The summed E-state index contributed by atoms with van der Waals surface area (Å²) in [7, 11) is 0. The molecule has 98 valence electrons. The van der Waals surface area contributed by atoms with E-state index in [2.05, 4.69) is 6.92 Å². The molecule has 1 aromatic carbocycles. The third-order valence-corrected chi connectivity index (χ3v) is 4.39. The predicted molar refractivity (Wildman–Crippen MR) is 76.8 cm³/mol. The van der Waals surface area contributed by atoms with Gasteiger partial charge in [-0.1, -0.05) is 6.92 Å². The largest absolute Gasteiger partial charge is 0.338 e. The normalized spacial score (nSPS) is 23.4. The molecule has 1 amide bonds. The fraction of sp³-hybridized carbons (Fsp3) is 0.462. The lowest BCUT2D eigenvalue weighted by atomic mass is 9.90. The molecule has 1 aromatic rings. The number of amides is 1. The van der Waals surface area contributed by atoms with Crippen molar-refractivity contribution in [3.63, 3.8) is 0 Å². The van der Waals surface area contributed by atoms with Gasteiger partial charge in [-0.25, -0.2) is 4.39 Å². The van der Waals surface area contributed by atoms with Gasteiger partial charge in [0.2, 0.25) is 0 Å². The van der Waals surface area contributed by atoms with Gasteiger partial charge in [0, 0.05) is 16.7 Å². The number of hydrogen-bond acceptors (Lipinski definition) is 2. The lowest BCUT2D eigenvalue weighted by molar-refractivity contribution is 0.0776. The van der Waals surface area contributed by atoms with Gasteiger partial charge in [-0.3, -0.25) is 4.79 Å². The number of carbonyl (C=O) groups excluding carboxylic acids is 1. The predicted octanol–water partition coefficient (Wildman–Crippen LogP) is 2.24. The monoisotopic (exact) mass is 362 g/mol. The number of hydrogen-bond donors (Lipinski definition) is 1. The molecule has 0 aromatic heterocycles. The van der Waals surface area contributed by atoms with Crippen LogP contribution in [0.5, 0.6) is 0 Å². The van der Waals surface area contributed by atoms with Gasteiger partial charge in [-0.2, -0.15) is 0 Å². The Hall–Kier alpha value is -0.690. The highest BCUT2D eigenvalue weighted by Crippen LogP contribution is 2.30. The van der Waals surface area contributed by atoms with Crippen LogP contribution in [0.25, 0.3) is 0 Å². The maximum atomic E-state index is 13.0. The van der Waals surface area contributed by atoms with Crippen LogP contribution in [0.2, 0.25) is 0 Å². The lowest BCUT2D eigenvalue weighted by Crippen LogP contribution is -2.34. The molecule has 5 heteroatoms. The minimum absolute atomic E-state index is 0.0150. The summed E-state index contributed by atoms with van der Waals surface area (Å²) in [6.45, 7) is 4.07. The van der Waals surface area contributed by atoms with Crippen LogP contribution in [-0.2, 0) is 0 Å². The Labute approximate surface area is 120 Å². The van der Waals surface area contributed by atoms with E-state index < -0.39 is 0 Å². The smallest absolute Gasteiger partial charge is 0.254 e. The van der Waals surface area contributed by atoms with Crippen molar-refractivity contribution in [2.24, 2.45) is 11.1 Å². The summed E-state index contributed by atoms with van der Waals surface area (Å²) in [6.07, 6.45) is 0.924. The van der Waals surface area contributed by atoms with E-state index in [1.165, 1.54) is 12.1 Å². The molecule has 0 spiro atoms. The lowest BCUT2D eigenvalue weighted by Gasteiger charge is -2.22. The molecule has 2 N–H and O–H groups in total. The second kappa shape index (κ2) is 5.13. The first-order valence-electron chi connectivity index (χ1n) is 5.90. The highest BCUT2D eigenvalue weighted by Gasteiger charge is 2.35. The maximum absolute atomic E-state index is 13.0. The molecule has 1 heterocycles. The zero-order valence-electron chi connectivity index (χ0n) is 10.2. The minimum atomic E-state index is -0.316. The zero-order chi connectivity index (χ0) is 13.3. The number of likely N-dealkylation sites (tertiary alicyclic amines) is 1. The van der Waals surface area contributed by atoms with E-state index in [9.17, 15) is 9.18 Å². The van der Waals surface area contributed by atoms with Crippen LogP contribution in [0, 0.1) is 14.8 Å². The Morgan fingerprint density at radius 2 is 2.33 bits per heavy atom. The Morgan fingerprint density at radius 1 is 1.61 bits per heavy atom. The molecule has 3 nitrogen and oxygen atoms in total. The number of rotatable bonds is 2.